The van der Waals surface area contributed by atoms with Gasteiger partial charge in [-0.05, 0) is 19.9 Å². The minimum Gasteiger partial charge on any atom is -0.273 e. The summed E-state index contributed by atoms with van der Waals surface area (Å²) in [6, 6.07) is 1.58. The van der Waals surface area contributed by atoms with Crippen LogP contribution in [0.25, 0.3) is 5.78 Å². The van der Waals surface area contributed by atoms with Gasteiger partial charge in [-0.3, -0.25) is 9.40 Å². The molecule has 25 heavy (non-hydrogen) atoms. The number of anilines is 1. The Labute approximate surface area is 139 Å². The third kappa shape index (κ3) is 3.01. The molecule has 0 saturated carbocycles. The number of halogens is 3. The summed E-state index contributed by atoms with van der Waals surface area (Å²) < 4.78 is 67.9. The zero-order valence-corrected chi connectivity index (χ0v) is 14.0. The van der Waals surface area contributed by atoms with Crippen molar-refractivity contribution in [1.82, 2.24) is 29.4 Å². The van der Waals surface area contributed by atoms with Crippen molar-refractivity contribution in [3.05, 3.63) is 29.3 Å². The lowest BCUT2D eigenvalue weighted by atomic mass is 10.3. The van der Waals surface area contributed by atoms with Gasteiger partial charge < -0.3 is 0 Å². The molecule has 0 aliphatic carbocycles. The number of alkyl halides is 3. The molecule has 3 aromatic heterocycles. The molecule has 0 atom stereocenters. The van der Waals surface area contributed by atoms with Crippen molar-refractivity contribution >= 4 is 21.5 Å². The lowest BCUT2D eigenvalue weighted by molar-refractivity contribution is -0.143. The van der Waals surface area contributed by atoms with Crippen molar-refractivity contribution in [3.63, 3.8) is 0 Å². The molecule has 3 aromatic rings. The second kappa shape index (κ2) is 5.40. The van der Waals surface area contributed by atoms with Gasteiger partial charge in [0.15, 0.2) is 5.69 Å². The highest BCUT2D eigenvalue weighted by Crippen LogP contribution is 2.36. The average molecular weight is 375 g/mol. The molecule has 0 aliphatic rings. The van der Waals surface area contributed by atoms with Crippen molar-refractivity contribution in [2.45, 2.75) is 25.2 Å². The first-order valence-electron chi connectivity index (χ1n) is 6.82. The molecule has 0 unspecified atom stereocenters. The Morgan fingerprint density at radius 3 is 2.48 bits per heavy atom. The topological polar surface area (TPSA) is 107 Å². The fraction of sp³-hybridized carbons (Fsp3) is 0.333. The Balaban J connectivity index is 2.07. The highest BCUT2D eigenvalue weighted by molar-refractivity contribution is 7.92. The van der Waals surface area contributed by atoms with Gasteiger partial charge in [0.1, 0.15) is 5.69 Å². The first-order valence-corrected chi connectivity index (χ1v) is 8.31. The predicted octanol–water partition coefficient (Wildman–Crippen LogP) is 1.29. The van der Waals surface area contributed by atoms with E-state index in [1.807, 2.05) is 4.72 Å². The normalized spacial score (nSPS) is 12.7. The van der Waals surface area contributed by atoms with Gasteiger partial charge in [-0.2, -0.15) is 31.7 Å². The standard InChI is InChI=1S/C12H12F3N7O2S/c1-6-4-5-22-10(16-6)17-11(19-22)25(23,24)20-8-7(2)18-21(3)9(8)12(13,14)15/h4-5,20H,1-3H3. The van der Waals surface area contributed by atoms with E-state index in [0.29, 0.717) is 10.4 Å². The molecule has 0 saturated heterocycles. The van der Waals surface area contributed by atoms with Crippen molar-refractivity contribution < 1.29 is 21.6 Å². The number of hydrogen-bond acceptors (Lipinski definition) is 6. The molecular formula is C12H12F3N7O2S. The van der Waals surface area contributed by atoms with E-state index in [-0.39, 0.29) is 11.5 Å². The largest absolute Gasteiger partial charge is 0.435 e. The number of rotatable bonds is 3. The number of fused-ring (bicyclic) bond motifs is 1. The van der Waals surface area contributed by atoms with Gasteiger partial charge in [0, 0.05) is 18.9 Å². The van der Waals surface area contributed by atoms with Gasteiger partial charge in [-0.1, -0.05) is 0 Å². The molecule has 3 heterocycles. The maximum absolute atomic E-state index is 13.2. The molecule has 1 N–H and O–H groups in total. The van der Waals surface area contributed by atoms with Gasteiger partial charge >= 0.3 is 6.18 Å². The minimum atomic E-state index is -4.79. The van der Waals surface area contributed by atoms with Crippen LogP contribution in [-0.4, -0.2) is 37.8 Å². The number of nitrogens with one attached hydrogen (secondary N) is 1. The van der Waals surface area contributed by atoms with Crippen LogP contribution in [0.15, 0.2) is 17.4 Å². The van der Waals surface area contributed by atoms with E-state index in [0.717, 1.165) is 11.6 Å². The molecule has 0 amide bonds. The summed E-state index contributed by atoms with van der Waals surface area (Å²) in [5.74, 6) is 0.0133. The Hall–Kier alpha value is -2.70. The maximum Gasteiger partial charge on any atom is 0.435 e. The van der Waals surface area contributed by atoms with Gasteiger partial charge in [0.25, 0.3) is 21.0 Å². The van der Waals surface area contributed by atoms with Crippen LogP contribution < -0.4 is 4.72 Å². The molecule has 13 heteroatoms. The highest BCUT2D eigenvalue weighted by atomic mass is 32.2. The summed E-state index contributed by atoms with van der Waals surface area (Å²) in [6.45, 7) is 2.94. The third-order valence-electron chi connectivity index (χ3n) is 3.29. The quantitative estimate of drug-likeness (QED) is 0.739. The lowest BCUT2D eigenvalue weighted by Crippen LogP contribution is -2.19. The van der Waals surface area contributed by atoms with Crippen LogP contribution >= 0.6 is 0 Å². The monoisotopic (exact) mass is 375 g/mol. The van der Waals surface area contributed by atoms with Crippen molar-refractivity contribution in [3.8, 4) is 0 Å². The van der Waals surface area contributed by atoms with Gasteiger partial charge in [-0.25, -0.2) is 9.50 Å². The summed E-state index contributed by atoms with van der Waals surface area (Å²) in [7, 11) is -3.39. The summed E-state index contributed by atoms with van der Waals surface area (Å²) in [5.41, 5.74) is -1.43. The Morgan fingerprint density at radius 1 is 1.16 bits per heavy atom. The minimum absolute atomic E-state index is 0.0133. The second-order valence-electron chi connectivity index (χ2n) is 5.24. The molecule has 0 spiro atoms. The van der Waals surface area contributed by atoms with Crippen LogP contribution in [-0.2, 0) is 23.2 Å². The van der Waals surface area contributed by atoms with E-state index in [2.05, 4.69) is 20.2 Å². The van der Waals surface area contributed by atoms with Crippen molar-refractivity contribution in [2.75, 3.05) is 4.72 Å². The van der Waals surface area contributed by atoms with E-state index in [1.165, 1.54) is 13.1 Å². The molecular weight excluding hydrogens is 363 g/mol. The van der Waals surface area contributed by atoms with Crippen LogP contribution in [0, 0.1) is 13.8 Å². The smallest absolute Gasteiger partial charge is 0.273 e. The Kier molecular flexibility index (Phi) is 3.70. The second-order valence-corrected chi connectivity index (χ2v) is 6.82. The fourth-order valence-electron chi connectivity index (χ4n) is 2.25. The first kappa shape index (κ1) is 17.1. The fourth-order valence-corrected chi connectivity index (χ4v) is 3.25. The van der Waals surface area contributed by atoms with E-state index in [1.54, 1.807) is 13.0 Å². The maximum atomic E-state index is 13.2. The van der Waals surface area contributed by atoms with E-state index in [9.17, 15) is 21.6 Å². The average Bonchev–Trinajstić information content (AvgIpc) is 2.99. The first-order chi connectivity index (χ1) is 11.5. The Bertz CT molecular complexity index is 1070. The molecule has 3 rings (SSSR count). The molecule has 0 aliphatic heterocycles. The number of aromatic nitrogens is 6. The highest BCUT2D eigenvalue weighted by Gasteiger charge is 2.40. The lowest BCUT2D eigenvalue weighted by Gasteiger charge is -2.11. The molecule has 0 aromatic carbocycles. The van der Waals surface area contributed by atoms with Crippen molar-refractivity contribution in [2.24, 2.45) is 7.05 Å². The van der Waals surface area contributed by atoms with Crippen LogP contribution in [0.5, 0.6) is 0 Å². The van der Waals surface area contributed by atoms with Gasteiger partial charge in [0.05, 0.1) is 5.69 Å². The van der Waals surface area contributed by atoms with Gasteiger partial charge in [0.2, 0.25) is 0 Å². The number of hydrogen-bond donors (Lipinski definition) is 1. The van der Waals surface area contributed by atoms with Gasteiger partial charge in [-0.15, -0.1) is 5.10 Å². The van der Waals surface area contributed by atoms with E-state index >= 15 is 0 Å². The Morgan fingerprint density at radius 2 is 1.84 bits per heavy atom. The number of nitrogens with zero attached hydrogens (tertiary/aromatic N) is 6. The van der Waals surface area contributed by atoms with Crippen LogP contribution in [0.2, 0.25) is 0 Å². The molecule has 134 valence electrons. The number of aryl methyl sites for hydroxylation is 3. The number of sulfonamides is 1. The summed E-state index contributed by atoms with van der Waals surface area (Å²) >= 11 is 0. The van der Waals surface area contributed by atoms with Crippen LogP contribution in [0.1, 0.15) is 17.1 Å². The summed E-state index contributed by atoms with van der Waals surface area (Å²) in [5, 5.41) is 6.66. The molecule has 0 bridgehead atoms. The molecule has 9 nitrogen and oxygen atoms in total. The zero-order chi connectivity index (χ0) is 18.6. The van der Waals surface area contributed by atoms with E-state index in [4.69, 9.17) is 0 Å². The zero-order valence-electron chi connectivity index (χ0n) is 13.2. The van der Waals surface area contributed by atoms with Crippen LogP contribution in [0.4, 0.5) is 18.9 Å². The van der Waals surface area contributed by atoms with Crippen LogP contribution in [0.3, 0.4) is 0 Å². The SMILES string of the molecule is Cc1ccn2nc(S(=O)(=O)Nc3c(C)nn(C)c3C(F)(F)F)nc2n1. The van der Waals surface area contributed by atoms with E-state index < -0.39 is 32.7 Å². The summed E-state index contributed by atoms with van der Waals surface area (Å²) in [4.78, 5) is 7.75. The predicted molar refractivity (Wildman–Crippen MR) is 79.3 cm³/mol. The summed E-state index contributed by atoms with van der Waals surface area (Å²) in [6.07, 6.45) is -3.35. The third-order valence-corrected chi connectivity index (χ3v) is 4.42. The van der Waals surface area contributed by atoms with Crippen molar-refractivity contribution in [1.29, 1.82) is 0 Å². The molecule has 0 radical (unpaired) electrons. The molecule has 0 fully saturated rings.